The zero-order chi connectivity index (χ0) is 19.0. The Kier molecular flexibility index (Phi) is 4.61. The van der Waals surface area contributed by atoms with Crippen LogP contribution in [0.25, 0.3) is 11.0 Å². The Morgan fingerprint density at radius 2 is 2.04 bits per heavy atom. The van der Waals surface area contributed by atoms with Crippen LogP contribution in [0.4, 0.5) is 13.2 Å². The molecular formula is C19H19F3N4O. The van der Waals surface area contributed by atoms with E-state index >= 15 is 0 Å². The SMILES string of the molecule is Cn1cnc2ccc(C3CN(Cc4cc(C(F)(F)F)ccn4)CCO3)cc21. The van der Waals surface area contributed by atoms with Gasteiger partial charge in [0.1, 0.15) is 0 Å². The van der Waals surface area contributed by atoms with Crippen molar-refractivity contribution in [1.82, 2.24) is 19.4 Å². The van der Waals surface area contributed by atoms with Gasteiger partial charge in [0.15, 0.2) is 0 Å². The molecule has 1 aliphatic rings. The van der Waals surface area contributed by atoms with Crippen molar-refractivity contribution in [3.05, 3.63) is 59.7 Å². The van der Waals surface area contributed by atoms with Crippen molar-refractivity contribution in [3.8, 4) is 0 Å². The molecule has 4 rings (SSSR count). The van der Waals surface area contributed by atoms with Crippen LogP contribution in [0, 0.1) is 0 Å². The van der Waals surface area contributed by atoms with Gasteiger partial charge in [0.2, 0.25) is 0 Å². The van der Waals surface area contributed by atoms with Gasteiger partial charge in [-0.2, -0.15) is 13.2 Å². The molecule has 1 atom stereocenters. The van der Waals surface area contributed by atoms with Crippen molar-refractivity contribution in [2.75, 3.05) is 19.7 Å². The molecule has 1 aliphatic heterocycles. The van der Waals surface area contributed by atoms with E-state index in [1.54, 1.807) is 6.33 Å². The van der Waals surface area contributed by atoms with E-state index in [9.17, 15) is 13.2 Å². The van der Waals surface area contributed by atoms with Gasteiger partial charge in [0, 0.05) is 32.9 Å². The molecule has 0 spiro atoms. The van der Waals surface area contributed by atoms with Gasteiger partial charge in [-0.1, -0.05) is 6.07 Å². The Morgan fingerprint density at radius 1 is 1.19 bits per heavy atom. The first kappa shape index (κ1) is 17.9. The van der Waals surface area contributed by atoms with E-state index in [-0.39, 0.29) is 6.10 Å². The second-order valence-corrected chi connectivity index (χ2v) is 6.73. The van der Waals surface area contributed by atoms with Gasteiger partial charge in [-0.3, -0.25) is 9.88 Å². The summed E-state index contributed by atoms with van der Waals surface area (Å²) in [6.07, 6.45) is -1.51. The van der Waals surface area contributed by atoms with E-state index in [2.05, 4.69) is 20.9 Å². The van der Waals surface area contributed by atoms with Crippen molar-refractivity contribution in [2.24, 2.45) is 7.05 Å². The zero-order valence-corrected chi connectivity index (χ0v) is 14.8. The normalized spacial score (nSPS) is 18.9. The van der Waals surface area contributed by atoms with Crippen LogP contribution >= 0.6 is 0 Å². The number of benzene rings is 1. The highest BCUT2D eigenvalue weighted by molar-refractivity contribution is 5.76. The van der Waals surface area contributed by atoms with Crippen LogP contribution in [0.2, 0.25) is 0 Å². The Morgan fingerprint density at radius 3 is 2.85 bits per heavy atom. The molecule has 0 amide bonds. The van der Waals surface area contributed by atoms with Crippen molar-refractivity contribution < 1.29 is 17.9 Å². The number of ether oxygens (including phenoxy) is 1. The predicted octanol–water partition coefficient (Wildman–Crippen LogP) is 3.56. The lowest BCUT2D eigenvalue weighted by atomic mass is 10.1. The van der Waals surface area contributed by atoms with Crippen LogP contribution in [-0.2, 0) is 24.5 Å². The fourth-order valence-corrected chi connectivity index (χ4v) is 3.36. The number of fused-ring (bicyclic) bond motifs is 1. The number of aryl methyl sites for hydroxylation is 1. The Bertz CT molecular complexity index is 954. The first-order valence-corrected chi connectivity index (χ1v) is 8.67. The summed E-state index contributed by atoms with van der Waals surface area (Å²) in [5, 5.41) is 0. The van der Waals surface area contributed by atoms with Crippen molar-refractivity contribution in [2.45, 2.75) is 18.8 Å². The third kappa shape index (κ3) is 3.81. The van der Waals surface area contributed by atoms with Crippen LogP contribution < -0.4 is 0 Å². The Hall–Kier alpha value is -2.45. The number of aromatic nitrogens is 3. The molecule has 3 aromatic rings. The van der Waals surface area contributed by atoms with Crippen molar-refractivity contribution in [1.29, 1.82) is 0 Å². The highest BCUT2D eigenvalue weighted by Gasteiger charge is 2.31. The molecule has 0 N–H and O–H groups in total. The first-order valence-electron chi connectivity index (χ1n) is 8.67. The molecular weight excluding hydrogens is 357 g/mol. The first-order chi connectivity index (χ1) is 12.9. The van der Waals surface area contributed by atoms with E-state index in [0.29, 0.717) is 31.9 Å². The minimum atomic E-state index is -4.36. The molecule has 2 aromatic heterocycles. The number of pyridine rings is 1. The van der Waals surface area contributed by atoms with E-state index in [0.717, 1.165) is 28.7 Å². The molecule has 27 heavy (non-hydrogen) atoms. The molecule has 1 aromatic carbocycles. The average Bonchev–Trinajstić information content (AvgIpc) is 3.02. The fraction of sp³-hybridized carbons (Fsp3) is 0.368. The molecule has 1 unspecified atom stereocenters. The summed E-state index contributed by atoms with van der Waals surface area (Å²) in [7, 11) is 1.94. The number of nitrogens with zero attached hydrogens (tertiary/aromatic N) is 4. The molecule has 0 aliphatic carbocycles. The maximum atomic E-state index is 12.9. The second-order valence-electron chi connectivity index (χ2n) is 6.73. The minimum absolute atomic E-state index is 0.135. The summed E-state index contributed by atoms with van der Waals surface area (Å²) < 4.78 is 46.5. The zero-order valence-electron chi connectivity index (χ0n) is 14.8. The fourth-order valence-electron chi connectivity index (χ4n) is 3.36. The monoisotopic (exact) mass is 376 g/mol. The van der Waals surface area contributed by atoms with Gasteiger partial charge in [-0.05, 0) is 29.8 Å². The van der Waals surface area contributed by atoms with Crippen LogP contribution in [0.15, 0.2) is 42.9 Å². The Labute approximate surface area is 154 Å². The molecule has 142 valence electrons. The number of hydrogen-bond acceptors (Lipinski definition) is 4. The lowest BCUT2D eigenvalue weighted by Gasteiger charge is -2.33. The Balaban J connectivity index is 1.50. The highest BCUT2D eigenvalue weighted by atomic mass is 19.4. The average molecular weight is 376 g/mol. The summed E-state index contributed by atoms with van der Waals surface area (Å²) in [6, 6.07) is 8.12. The molecule has 3 heterocycles. The summed E-state index contributed by atoms with van der Waals surface area (Å²) in [5.74, 6) is 0. The molecule has 5 nitrogen and oxygen atoms in total. The standard InChI is InChI=1S/C19H19F3N4O/c1-25-12-24-16-3-2-13(8-17(16)25)18-11-26(6-7-27-18)10-15-9-14(4-5-23-15)19(20,21)22/h2-5,8-9,12,18H,6-7,10-11H2,1H3. The molecule has 8 heteroatoms. The number of alkyl halides is 3. The van der Waals surface area contributed by atoms with Crippen LogP contribution in [0.5, 0.6) is 0 Å². The highest BCUT2D eigenvalue weighted by Crippen LogP contribution is 2.30. The number of morpholine rings is 1. The summed E-state index contributed by atoms with van der Waals surface area (Å²) in [5.41, 5.74) is 2.72. The summed E-state index contributed by atoms with van der Waals surface area (Å²) >= 11 is 0. The third-order valence-corrected chi connectivity index (χ3v) is 4.80. The molecule has 0 radical (unpaired) electrons. The van der Waals surface area contributed by atoms with E-state index in [4.69, 9.17) is 4.74 Å². The quantitative estimate of drug-likeness (QED) is 0.701. The smallest absolute Gasteiger partial charge is 0.371 e. The van der Waals surface area contributed by atoms with E-state index < -0.39 is 11.7 Å². The minimum Gasteiger partial charge on any atom is -0.371 e. The topological polar surface area (TPSA) is 43.2 Å². The summed E-state index contributed by atoms with van der Waals surface area (Å²) in [4.78, 5) is 10.5. The lowest BCUT2D eigenvalue weighted by molar-refractivity contribution is -0.137. The van der Waals surface area contributed by atoms with Gasteiger partial charge in [0.05, 0.1) is 41.3 Å². The van der Waals surface area contributed by atoms with E-state index in [1.165, 1.54) is 6.20 Å². The van der Waals surface area contributed by atoms with Crippen LogP contribution in [0.1, 0.15) is 22.9 Å². The number of imidazole rings is 1. The molecule has 1 fully saturated rings. The van der Waals surface area contributed by atoms with Crippen LogP contribution in [-0.4, -0.2) is 39.1 Å². The van der Waals surface area contributed by atoms with Gasteiger partial charge >= 0.3 is 6.18 Å². The molecule has 1 saturated heterocycles. The third-order valence-electron chi connectivity index (χ3n) is 4.80. The van der Waals surface area contributed by atoms with Crippen LogP contribution in [0.3, 0.4) is 0 Å². The largest absolute Gasteiger partial charge is 0.416 e. The lowest BCUT2D eigenvalue weighted by Crippen LogP contribution is -2.38. The maximum Gasteiger partial charge on any atom is 0.416 e. The van der Waals surface area contributed by atoms with Crippen molar-refractivity contribution >= 4 is 11.0 Å². The maximum absolute atomic E-state index is 12.9. The number of halogens is 3. The van der Waals surface area contributed by atoms with Gasteiger partial charge in [-0.25, -0.2) is 4.98 Å². The van der Waals surface area contributed by atoms with Gasteiger partial charge in [-0.15, -0.1) is 0 Å². The summed E-state index contributed by atoms with van der Waals surface area (Å²) in [6.45, 7) is 2.13. The van der Waals surface area contributed by atoms with Crippen molar-refractivity contribution in [3.63, 3.8) is 0 Å². The van der Waals surface area contributed by atoms with Gasteiger partial charge in [0.25, 0.3) is 0 Å². The molecule has 0 saturated carbocycles. The van der Waals surface area contributed by atoms with Gasteiger partial charge < -0.3 is 9.30 Å². The second kappa shape index (κ2) is 6.94. The number of hydrogen-bond donors (Lipinski definition) is 0. The number of rotatable bonds is 3. The molecule has 0 bridgehead atoms. The predicted molar refractivity (Wildman–Crippen MR) is 93.9 cm³/mol. The van der Waals surface area contributed by atoms with E-state index in [1.807, 2.05) is 23.7 Å².